The summed E-state index contributed by atoms with van der Waals surface area (Å²) in [6.07, 6.45) is -1.58. The van der Waals surface area contributed by atoms with Gasteiger partial charge in [0.2, 0.25) is 0 Å². The summed E-state index contributed by atoms with van der Waals surface area (Å²) in [6.45, 7) is 0. The second kappa shape index (κ2) is 7.97. The average Bonchev–Trinajstić information content (AvgIpc) is 2.72. The van der Waals surface area contributed by atoms with Crippen LogP contribution in [0.4, 0.5) is 13.2 Å². The molecule has 4 nitrogen and oxygen atoms in total. The molecule has 152 valence electrons. The third kappa shape index (κ3) is 4.10. The predicted octanol–water partition coefficient (Wildman–Crippen LogP) is 5.70. The average molecular weight is 428 g/mol. The van der Waals surface area contributed by atoms with Crippen molar-refractivity contribution in [3.05, 3.63) is 84.2 Å². The molecule has 2 aromatic carbocycles. The van der Waals surface area contributed by atoms with Gasteiger partial charge >= 0.3 is 6.18 Å². The summed E-state index contributed by atoms with van der Waals surface area (Å²) in [5, 5.41) is 0.362. The van der Waals surface area contributed by atoms with Gasteiger partial charge in [0, 0.05) is 23.3 Å². The van der Waals surface area contributed by atoms with Crippen molar-refractivity contribution in [2.24, 2.45) is 0 Å². The third-order valence-corrected chi connectivity index (χ3v) is 5.24. The summed E-state index contributed by atoms with van der Waals surface area (Å²) >= 11 is -1.95. The van der Waals surface area contributed by atoms with Crippen LogP contribution in [-0.2, 0) is 23.0 Å². The van der Waals surface area contributed by atoms with E-state index in [9.17, 15) is 17.4 Å². The first-order valence-corrected chi connectivity index (χ1v) is 10.2. The van der Waals surface area contributed by atoms with Crippen LogP contribution in [0.2, 0.25) is 0 Å². The van der Waals surface area contributed by atoms with Crippen LogP contribution in [-0.4, -0.2) is 18.7 Å². The first-order valence-electron chi connectivity index (χ1n) is 8.91. The van der Waals surface area contributed by atoms with Crippen LogP contribution in [0.5, 0.6) is 0 Å². The highest BCUT2D eigenvalue weighted by atomic mass is 32.2. The van der Waals surface area contributed by atoms with Gasteiger partial charge in [0.15, 0.2) is 11.1 Å². The molecular weight excluding hydrogens is 413 g/mol. The zero-order chi connectivity index (χ0) is 21.3. The SMILES string of the molecule is O=S(O)Cc1cccc(-c2ccnc(-c3ccnc4c(C(F)(F)F)cccc34)c2)c1. The number of hydrogen-bond acceptors (Lipinski definition) is 3. The highest BCUT2D eigenvalue weighted by molar-refractivity contribution is 7.78. The molecule has 0 spiro atoms. The predicted molar refractivity (Wildman–Crippen MR) is 110 cm³/mol. The van der Waals surface area contributed by atoms with Crippen molar-refractivity contribution in [3.63, 3.8) is 0 Å². The van der Waals surface area contributed by atoms with E-state index in [-0.39, 0.29) is 11.3 Å². The standard InChI is InChI=1S/C22H15F3N2O2S/c23-22(24,25)19-6-2-5-18-17(8-10-27-21(18)19)20-12-16(7-9-26-20)15-4-1-3-14(11-15)13-30(28)29/h1-12H,13H2,(H,28,29). The first kappa shape index (κ1) is 20.2. The van der Waals surface area contributed by atoms with E-state index in [1.807, 2.05) is 6.07 Å². The maximum atomic E-state index is 13.4. The number of para-hydroxylation sites is 1. The van der Waals surface area contributed by atoms with Crippen molar-refractivity contribution < 1.29 is 21.9 Å². The number of nitrogens with zero attached hydrogens (tertiary/aromatic N) is 2. The van der Waals surface area contributed by atoms with Gasteiger partial charge in [-0.2, -0.15) is 13.2 Å². The molecule has 1 N–H and O–H groups in total. The van der Waals surface area contributed by atoms with Crippen LogP contribution in [0.25, 0.3) is 33.3 Å². The number of aromatic nitrogens is 2. The second-order valence-electron chi connectivity index (χ2n) is 6.65. The molecule has 4 aromatic rings. The molecule has 8 heteroatoms. The smallest absolute Gasteiger partial charge is 0.306 e. The Morgan fingerprint density at radius 1 is 0.900 bits per heavy atom. The van der Waals surface area contributed by atoms with Crippen LogP contribution in [0.1, 0.15) is 11.1 Å². The number of benzene rings is 2. The summed E-state index contributed by atoms with van der Waals surface area (Å²) < 4.78 is 60.3. The van der Waals surface area contributed by atoms with Crippen LogP contribution in [0.3, 0.4) is 0 Å². The van der Waals surface area contributed by atoms with Crippen LogP contribution < -0.4 is 0 Å². The summed E-state index contributed by atoms with van der Waals surface area (Å²) in [4.78, 5) is 8.30. The number of pyridine rings is 2. The Bertz CT molecular complexity index is 1260. The minimum Gasteiger partial charge on any atom is -0.306 e. The highest BCUT2D eigenvalue weighted by Gasteiger charge is 2.33. The van der Waals surface area contributed by atoms with Gasteiger partial charge in [-0.15, -0.1) is 0 Å². The molecule has 0 radical (unpaired) electrons. The van der Waals surface area contributed by atoms with E-state index in [0.29, 0.717) is 22.2 Å². The molecule has 4 rings (SSSR count). The van der Waals surface area contributed by atoms with Gasteiger partial charge < -0.3 is 4.55 Å². The molecule has 2 aromatic heterocycles. The van der Waals surface area contributed by atoms with Gasteiger partial charge in [-0.05, 0) is 41.0 Å². The van der Waals surface area contributed by atoms with Crippen molar-refractivity contribution >= 4 is 22.0 Å². The molecule has 1 atom stereocenters. The van der Waals surface area contributed by atoms with Crippen molar-refractivity contribution in [3.8, 4) is 22.4 Å². The highest BCUT2D eigenvalue weighted by Crippen LogP contribution is 2.37. The Morgan fingerprint density at radius 3 is 2.40 bits per heavy atom. The summed E-state index contributed by atoms with van der Waals surface area (Å²) in [7, 11) is 0. The monoisotopic (exact) mass is 428 g/mol. The van der Waals surface area contributed by atoms with E-state index in [4.69, 9.17) is 4.55 Å². The van der Waals surface area contributed by atoms with Crippen LogP contribution >= 0.6 is 0 Å². The lowest BCUT2D eigenvalue weighted by Crippen LogP contribution is -2.06. The molecule has 0 aliphatic rings. The Balaban J connectivity index is 1.82. The first-order chi connectivity index (χ1) is 14.3. The Hall–Kier alpha value is -3.10. The largest absolute Gasteiger partial charge is 0.418 e. The number of alkyl halides is 3. The van der Waals surface area contributed by atoms with Crippen molar-refractivity contribution in [2.45, 2.75) is 11.9 Å². The van der Waals surface area contributed by atoms with Gasteiger partial charge in [0.1, 0.15) is 0 Å². The molecule has 0 amide bonds. The molecule has 0 aliphatic carbocycles. The van der Waals surface area contributed by atoms with Gasteiger partial charge in [0.05, 0.1) is 22.5 Å². The second-order valence-corrected chi connectivity index (χ2v) is 7.59. The maximum Gasteiger partial charge on any atom is 0.418 e. The zero-order valence-corrected chi connectivity index (χ0v) is 16.2. The lowest BCUT2D eigenvalue weighted by molar-refractivity contribution is -0.136. The Morgan fingerprint density at radius 2 is 1.63 bits per heavy atom. The van der Waals surface area contributed by atoms with E-state index in [0.717, 1.165) is 17.2 Å². The van der Waals surface area contributed by atoms with Crippen molar-refractivity contribution in [1.29, 1.82) is 0 Å². The van der Waals surface area contributed by atoms with Gasteiger partial charge in [-0.3, -0.25) is 9.97 Å². The molecule has 0 bridgehead atoms. The van der Waals surface area contributed by atoms with Gasteiger partial charge in [-0.1, -0.05) is 36.4 Å². The Labute approximate surface area is 172 Å². The summed E-state index contributed by atoms with van der Waals surface area (Å²) in [6, 6.07) is 16.4. The fourth-order valence-electron chi connectivity index (χ4n) is 3.37. The lowest BCUT2D eigenvalue weighted by Gasteiger charge is -2.12. The molecule has 0 fully saturated rings. The number of halogens is 3. The number of hydrogen-bond donors (Lipinski definition) is 1. The van der Waals surface area contributed by atoms with E-state index >= 15 is 0 Å². The molecular formula is C22H15F3N2O2S. The van der Waals surface area contributed by atoms with Crippen LogP contribution in [0.15, 0.2) is 73.1 Å². The molecule has 0 saturated heterocycles. The fraction of sp³-hybridized carbons (Fsp3) is 0.0909. The minimum absolute atomic E-state index is 0.0149. The van der Waals surface area contributed by atoms with Crippen molar-refractivity contribution in [1.82, 2.24) is 9.97 Å². The maximum absolute atomic E-state index is 13.4. The zero-order valence-electron chi connectivity index (χ0n) is 15.4. The van der Waals surface area contributed by atoms with Gasteiger partial charge in [0.25, 0.3) is 0 Å². The number of fused-ring (bicyclic) bond motifs is 1. The molecule has 30 heavy (non-hydrogen) atoms. The summed E-state index contributed by atoms with van der Waals surface area (Å²) in [5.41, 5.74) is 2.45. The van der Waals surface area contributed by atoms with E-state index in [2.05, 4.69) is 9.97 Å². The fourth-order valence-corrected chi connectivity index (χ4v) is 3.83. The minimum atomic E-state index is -4.51. The molecule has 0 aliphatic heterocycles. The normalized spacial score (nSPS) is 12.8. The molecule has 0 saturated carbocycles. The summed E-state index contributed by atoms with van der Waals surface area (Å²) in [5.74, 6) is 0.0149. The van der Waals surface area contributed by atoms with E-state index in [1.165, 1.54) is 12.3 Å². The van der Waals surface area contributed by atoms with Crippen molar-refractivity contribution in [2.75, 3.05) is 0 Å². The molecule has 2 heterocycles. The van der Waals surface area contributed by atoms with Crippen LogP contribution in [0, 0.1) is 0 Å². The van der Waals surface area contributed by atoms with E-state index < -0.39 is 22.8 Å². The number of rotatable bonds is 4. The lowest BCUT2D eigenvalue weighted by atomic mass is 9.99. The topological polar surface area (TPSA) is 63.1 Å². The third-order valence-electron chi connectivity index (χ3n) is 4.66. The quantitative estimate of drug-likeness (QED) is 0.423. The molecule has 1 unspecified atom stereocenters. The van der Waals surface area contributed by atoms with E-state index in [1.54, 1.807) is 48.7 Å². The Kier molecular flexibility index (Phi) is 5.36. The van der Waals surface area contributed by atoms with Gasteiger partial charge in [-0.25, -0.2) is 4.21 Å².